The molecular weight excluding hydrogens is 307 g/mol. The molecule has 0 saturated heterocycles. The topological polar surface area (TPSA) is 133 Å². The zero-order valence-electron chi connectivity index (χ0n) is 10.1. The number of carbonyl (C=O) groups is 2. The summed E-state index contributed by atoms with van der Waals surface area (Å²) in [5.41, 5.74) is 0. The Bertz CT molecular complexity index is 354. The van der Waals surface area contributed by atoms with Crippen molar-refractivity contribution in [3.8, 4) is 0 Å². The predicted molar refractivity (Wildman–Crippen MR) is 76.1 cm³/mol. The van der Waals surface area contributed by atoms with Gasteiger partial charge in [-0.1, -0.05) is 0 Å². The van der Waals surface area contributed by atoms with E-state index < -0.39 is 10.4 Å². The second-order valence-electron chi connectivity index (χ2n) is 3.31. The molecule has 0 aromatic rings. The third-order valence-electron chi connectivity index (χ3n) is 1.44. The summed E-state index contributed by atoms with van der Waals surface area (Å²) in [7, 11) is -4.67. The molecule has 4 N–H and O–H groups in total. The van der Waals surface area contributed by atoms with E-state index in [1.54, 1.807) is 0 Å². The molecule has 1 unspecified atom stereocenters. The normalized spacial score (nSPS) is 11.2. The number of nitrogens with one attached hydrogen (secondary N) is 2. The molecule has 0 aromatic carbocycles. The fourth-order valence-corrected chi connectivity index (χ4v) is 0.999. The van der Waals surface area contributed by atoms with Crippen LogP contribution >= 0.6 is 12.6 Å². The fraction of sp³-hybridized carbons (Fsp3) is 0.750. The molecule has 0 heterocycles. The van der Waals surface area contributed by atoms with Crippen molar-refractivity contribution in [3.63, 3.8) is 0 Å². The molecule has 1 atom stereocenters. The van der Waals surface area contributed by atoms with Crippen LogP contribution in [0.15, 0.2) is 0 Å². The van der Waals surface area contributed by atoms with Crippen LogP contribution in [0.25, 0.3) is 0 Å². The van der Waals surface area contributed by atoms with E-state index in [-0.39, 0.29) is 46.6 Å². The van der Waals surface area contributed by atoms with E-state index in [0.29, 0.717) is 13.1 Å². The summed E-state index contributed by atoms with van der Waals surface area (Å²) in [5, 5.41) is 5.41. The number of carbonyl (C=O) groups excluding carboxylic acids is 2. The Hall–Kier alpha value is 0.160. The maximum atomic E-state index is 10.5. The first kappa shape index (κ1) is 24.2. The van der Waals surface area contributed by atoms with Gasteiger partial charge in [0.1, 0.15) is 0 Å². The summed E-state index contributed by atoms with van der Waals surface area (Å²) in [6.07, 6.45) is 0.753. The molecule has 0 fully saturated rings. The van der Waals surface area contributed by atoms with Crippen LogP contribution < -0.4 is 10.6 Å². The molecule has 0 aliphatic rings. The molecule has 11 heteroatoms. The Morgan fingerprint density at radius 3 is 1.84 bits per heavy atom. The van der Waals surface area contributed by atoms with Gasteiger partial charge in [0, 0.05) is 32.2 Å². The predicted octanol–water partition coefficient (Wildman–Crippen LogP) is -1.35. The van der Waals surface area contributed by atoms with Gasteiger partial charge in [-0.05, 0) is 6.42 Å². The molecule has 8 nitrogen and oxygen atoms in total. The Morgan fingerprint density at radius 2 is 1.53 bits per heavy atom. The van der Waals surface area contributed by atoms with Crippen molar-refractivity contribution in [1.29, 1.82) is 0 Å². The fourth-order valence-electron chi connectivity index (χ4n) is 0.778. The number of hydrogen-bond donors (Lipinski definition) is 5. The third-order valence-corrected chi connectivity index (χ3v) is 1.88. The van der Waals surface area contributed by atoms with Gasteiger partial charge in [0.05, 0.1) is 0 Å². The maximum absolute atomic E-state index is 10.5. The number of rotatable bonds is 5. The van der Waals surface area contributed by atoms with E-state index in [0.717, 1.165) is 6.42 Å². The quantitative estimate of drug-likeness (QED) is 0.241. The van der Waals surface area contributed by atoms with Crippen LogP contribution in [0, 0.1) is 0 Å². The van der Waals surface area contributed by atoms with Gasteiger partial charge in [-0.25, -0.2) is 0 Å². The van der Waals surface area contributed by atoms with E-state index in [9.17, 15) is 9.59 Å². The van der Waals surface area contributed by atoms with Crippen LogP contribution in [0.5, 0.6) is 0 Å². The number of hydrogen-bond acceptors (Lipinski definition) is 5. The second-order valence-corrected chi connectivity index (χ2v) is 4.94. The molecule has 0 bridgehead atoms. The first-order valence-electron chi connectivity index (χ1n) is 4.89. The van der Waals surface area contributed by atoms with E-state index in [4.69, 9.17) is 17.5 Å². The molecule has 19 heavy (non-hydrogen) atoms. The van der Waals surface area contributed by atoms with Crippen LogP contribution in [-0.2, 0) is 20.0 Å². The Balaban J connectivity index is -0.000000366. The number of amides is 2. The minimum absolute atomic E-state index is 0. The molecular formula is C8H19N2NaO6S2. The SMILES string of the molecule is CC(=O)NCCC(S)CNC(C)=O.O=S(=O)(O)O.[NaH]. The van der Waals surface area contributed by atoms with Crippen LogP contribution in [0.2, 0.25) is 0 Å². The van der Waals surface area contributed by atoms with Gasteiger partial charge in [-0.3, -0.25) is 18.7 Å². The van der Waals surface area contributed by atoms with Gasteiger partial charge in [-0.2, -0.15) is 21.0 Å². The van der Waals surface area contributed by atoms with Gasteiger partial charge >= 0.3 is 40.0 Å². The monoisotopic (exact) mass is 326 g/mol. The Morgan fingerprint density at radius 1 is 1.16 bits per heavy atom. The van der Waals surface area contributed by atoms with Gasteiger partial charge in [0.25, 0.3) is 0 Å². The Kier molecular flexibility index (Phi) is 16.8. The van der Waals surface area contributed by atoms with Crippen molar-refractivity contribution in [2.75, 3.05) is 13.1 Å². The van der Waals surface area contributed by atoms with Crippen molar-refractivity contribution in [2.45, 2.75) is 25.5 Å². The summed E-state index contributed by atoms with van der Waals surface area (Å²) in [6.45, 7) is 4.08. The number of thiol groups is 1. The van der Waals surface area contributed by atoms with Crippen molar-refractivity contribution in [1.82, 2.24) is 10.6 Å². The van der Waals surface area contributed by atoms with Gasteiger partial charge in [0.2, 0.25) is 11.8 Å². The van der Waals surface area contributed by atoms with E-state index >= 15 is 0 Å². The molecule has 0 aromatic heterocycles. The van der Waals surface area contributed by atoms with Crippen molar-refractivity contribution in [3.05, 3.63) is 0 Å². The summed E-state index contributed by atoms with van der Waals surface area (Å²) in [4.78, 5) is 21.0. The van der Waals surface area contributed by atoms with E-state index in [1.165, 1.54) is 13.8 Å². The summed E-state index contributed by atoms with van der Waals surface area (Å²) < 4.78 is 31.6. The zero-order valence-corrected chi connectivity index (χ0v) is 11.8. The van der Waals surface area contributed by atoms with E-state index in [2.05, 4.69) is 23.3 Å². The summed E-state index contributed by atoms with van der Waals surface area (Å²) in [6, 6.07) is 0. The van der Waals surface area contributed by atoms with Crippen molar-refractivity contribution >= 4 is 64.4 Å². The summed E-state index contributed by atoms with van der Waals surface area (Å²) in [5.74, 6) is -0.0985. The van der Waals surface area contributed by atoms with Crippen molar-refractivity contribution < 1.29 is 27.1 Å². The van der Waals surface area contributed by atoms with Crippen LogP contribution in [-0.4, -0.2) is 77.2 Å². The molecule has 0 radical (unpaired) electrons. The molecule has 0 aliphatic carbocycles. The molecule has 2 amide bonds. The van der Waals surface area contributed by atoms with Gasteiger partial charge in [-0.15, -0.1) is 0 Å². The van der Waals surface area contributed by atoms with Crippen LogP contribution in [0.1, 0.15) is 20.3 Å². The summed E-state index contributed by atoms with van der Waals surface area (Å²) >= 11 is 4.24. The average molecular weight is 326 g/mol. The molecule has 0 spiro atoms. The zero-order chi connectivity index (χ0) is 14.8. The molecule has 110 valence electrons. The van der Waals surface area contributed by atoms with Crippen LogP contribution in [0.4, 0.5) is 0 Å². The van der Waals surface area contributed by atoms with Crippen LogP contribution in [0.3, 0.4) is 0 Å². The average Bonchev–Trinajstić information content (AvgIpc) is 2.11. The van der Waals surface area contributed by atoms with E-state index in [1.807, 2.05) is 0 Å². The first-order valence-corrected chi connectivity index (χ1v) is 6.80. The minimum atomic E-state index is -4.67. The van der Waals surface area contributed by atoms with Gasteiger partial charge in [0.15, 0.2) is 0 Å². The molecule has 0 saturated carbocycles. The van der Waals surface area contributed by atoms with Crippen molar-refractivity contribution in [2.24, 2.45) is 0 Å². The molecule has 0 aliphatic heterocycles. The first-order chi connectivity index (χ1) is 8.02. The standard InChI is InChI=1S/C8H16N2O2S.Na.H2O4S.H/c1-6(11)9-4-3-8(13)5-10-7(2)12;;1-5(2,3)4;/h8,13H,3-5H2,1-2H3,(H,9,11)(H,10,12);;(H2,1,2,3,4);. The Labute approximate surface area is 140 Å². The van der Waals surface area contributed by atoms with Gasteiger partial charge < -0.3 is 10.6 Å². The molecule has 0 rings (SSSR count). The second kappa shape index (κ2) is 13.2. The third kappa shape index (κ3) is 38.1.